The summed E-state index contributed by atoms with van der Waals surface area (Å²) >= 11 is 0. The maximum absolute atomic E-state index is 12.3. The molecule has 1 amide bonds. The third kappa shape index (κ3) is 4.95. The molecule has 0 saturated carbocycles. The van der Waals surface area contributed by atoms with Gasteiger partial charge < -0.3 is 15.2 Å². The van der Waals surface area contributed by atoms with Gasteiger partial charge in [0.15, 0.2) is 0 Å². The van der Waals surface area contributed by atoms with Gasteiger partial charge in [0.25, 0.3) is 5.69 Å². The minimum atomic E-state index is -1.22. The number of carboxylic acid groups (broad SMARTS) is 1. The second-order valence-corrected chi connectivity index (χ2v) is 6.12. The highest BCUT2D eigenvalue weighted by molar-refractivity contribution is 5.92. The normalized spacial score (nSPS) is 10.4. The molecule has 0 unspecified atom stereocenters. The number of aryl methyl sites for hydroxylation is 1. The highest BCUT2D eigenvalue weighted by atomic mass is 16.6. The molecule has 3 aromatic rings. The van der Waals surface area contributed by atoms with E-state index >= 15 is 0 Å². The van der Waals surface area contributed by atoms with E-state index in [4.69, 9.17) is 9.84 Å². The van der Waals surface area contributed by atoms with Gasteiger partial charge in [-0.2, -0.15) is 5.10 Å². The first kappa shape index (κ1) is 19.5. The predicted molar refractivity (Wildman–Crippen MR) is 102 cm³/mol. The second-order valence-electron chi connectivity index (χ2n) is 6.12. The van der Waals surface area contributed by atoms with Crippen molar-refractivity contribution in [2.24, 2.45) is 0 Å². The number of anilines is 1. The molecule has 0 radical (unpaired) electrons. The van der Waals surface area contributed by atoms with Gasteiger partial charge >= 0.3 is 5.97 Å². The molecule has 0 fully saturated rings. The summed E-state index contributed by atoms with van der Waals surface area (Å²) in [5, 5.41) is 26.6. The molecular weight excluding hydrogens is 380 g/mol. The van der Waals surface area contributed by atoms with Gasteiger partial charge in [-0.3, -0.25) is 14.9 Å². The number of carbonyl (C=O) groups is 2. The highest BCUT2D eigenvalue weighted by Gasteiger charge is 2.16. The molecule has 0 aliphatic rings. The number of nitro groups is 1. The van der Waals surface area contributed by atoms with E-state index in [1.165, 1.54) is 30.5 Å². The number of nitrogens with one attached hydrogen (secondary N) is 1. The number of carbonyl (C=O) groups excluding carboxylic acids is 1. The zero-order valence-corrected chi connectivity index (χ0v) is 15.2. The van der Waals surface area contributed by atoms with Crippen LogP contribution in [0.15, 0.2) is 54.7 Å². The van der Waals surface area contributed by atoms with Gasteiger partial charge in [0.05, 0.1) is 16.7 Å². The average Bonchev–Trinajstić information content (AvgIpc) is 3.11. The molecule has 0 bridgehead atoms. The van der Waals surface area contributed by atoms with Crippen LogP contribution in [-0.4, -0.2) is 31.7 Å². The monoisotopic (exact) mass is 396 g/mol. The quantitative estimate of drug-likeness (QED) is 0.462. The van der Waals surface area contributed by atoms with Crippen molar-refractivity contribution in [2.45, 2.75) is 13.5 Å². The standard InChI is InChI=1S/C19H16N4O6/c1-12-2-4-15(5-3-12)29-16-9-13(8-14(10-16)23(27)28)21-18(24)11-22-17(19(25)26)6-7-20-22/h2-10H,11H2,1H3,(H,21,24)(H,25,26). The molecule has 0 aliphatic heterocycles. The number of hydrogen-bond donors (Lipinski definition) is 2. The van der Waals surface area contributed by atoms with Crippen LogP contribution in [0.5, 0.6) is 11.5 Å². The molecule has 10 heteroatoms. The molecule has 10 nitrogen and oxygen atoms in total. The molecule has 0 aliphatic carbocycles. The topological polar surface area (TPSA) is 137 Å². The van der Waals surface area contributed by atoms with E-state index < -0.39 is 16.8 Å². The summed E-state index contributed by atoms with van der Waals surface area (Å²) in [5.41, 5.74) is 0.747. The van der Waals surface area contributed by atoms with Crippen molar-refractivity contribution in [2.75, 3.05) is 5.32 Å². The maximum atomic E-state index is 12.3. The predicted octanol–water partition coefficient (Wildman–Crippen LogP) is 3.23. The minimum absolute atomic E-state index is 0.135. The largest absolute Gasteiger partial charge is 0.477 e. The molecule has 2 aromatic carbocycles. The molecule has 1 heterocycles. The number of aromatic carboxylic acids is 1. The smallest absolute Gasteiger partial charge is 0.354 e. The number of non-ortho nitro benzene ring substituents is 1. The maximum Gasteiger partial charge on any atom is 0.354 e. The molecule has 148 valence electrons. The van der Waals surface area contributed by atoms with Crippen LogP contribution in [0.3, 0.4) is 0 Å². The van der Waals surface area contributed by atoms with Crippen molar-refractivity contribution in [3.63, 3.8) is 0 Å². The number of rotatable bonds is 7. The second kappa shape index (κ2) is 8.21. The third-order valence-electron chi connectivity index (χ3n) is 3.87. The molecule has 2 N–H and O–H groups in total. The van der Waals surface area contributed by atoms with Crippen LogP contribution in [0.2, 0.25) is 0 Å². The first-order chi connectivity index (χ1) is 13.8. The van der Waals surface area contributed by atoms with Crippen LogP contribution in [0.25, 0.3) is 0 Å². The van der Waals surface area contributed by atoms with Gasteiger partial charge in [0.1, 0.15) is 23.7 Å². The Labute approximate surface area is 164 Å². The lowest BCUT2D eigenvalue weighted by atomic mass is 10.2. The zero-order valence-electron chi connectivity index (χ0n) is 15.2. The number of ether oxygens (including phenoxy) is 1. The van der Waals surface area contributed by atoms with Gasteiger partial charge in [-0.25, -0.2) is 9.48 Å². The summed E-state index contributed by atoms with van der Waals surface area (Å²) in [7, 11) is 0. The summed E-state index contributed by atoms with van der Waals surface area (Å²) < 4.78 is 6.66. The van der Waals surface area contributed by atoms with E-state index in [1.807, 2.05) is 19.1 Å². The van der Waals surface area contributed by atoms with Crippen LogP contribution in [0, 0.1) is 17.0 Å². The van der Waals surface area contributed by atoms with Gasteiger partial charge in [0.2, 0.25) is 5.91 Å². The molecule has 0 atom stereocenters. The fraction of sp³-hybridized carbons (Fsp3) is 0.105. The van der Waals surface area contributed by atoms with Crippen LogP contribution in [-0.2, 0) is 11.3 Å². The number of hydrogen-bond acceptors (Lipinski definition) is 6. The molecule has 1 aromatic heterocycles. The summed E-state index contributed by atoms with van der Waals surface area (Å²) in [6, 6.07) is 12.2. The van der Waals surface area contributed by atoms with E-state index in [0.29, 0.717) is 5.75 Å². The first-order valence-electron chi connectivity index (χ1n) is 8.41. The molecule has 29 heavy (non-hydrogen) atoms. The van der Waals surface area contributed by atoms with Crippen molar-refractivity contribution in [3.8, 4) is 11.5 Å². The Morgan fingerprint density at radius 3 is 2.55 bits per heavy atom. The molecular formula is C19H16N4O6. The van der Waals surface area contributed by atoms with Crippen LogP contribution in [0.4, 0.5) is 11.4 Å². The van der Waals surface area contributed by atoms with Gasteiger partial charge in [-0.1, -0.05) is 17.7 Å². The SMILES string of the molecule is Cc1ccc(Oc2cc(NC(=O)Cn3nccc3C(=O)O)cc([N+](=O)[O-])c2)cc1. The summed E-state index contributed by atoms with van der Waals surface area (Å²) in [6.07, 6.45) is 1.26. The van der Waals surface area contributed by atoms with E-state index in [-0.39, 0.29) is 29.4 Å². The molecule has 0 spiro atoms. The Balaban J connectivity index is 1.80. The fourth-order valence-corrected chi connectivity index (χ4v) is 2.54. The Bertz CT molecular complexity index is 1070. The highest BCUT2D eigenvalue weighted by Crippen LogP contribution is 2.30. The van der Waals surface area contributed by atoms with Crippen LogP contribution < -0.4 is 10.1 Å². The average molecular weight is 396 g/mol. The number of amides is 1. The van der Waals surface area contributed by atoms with E-state index in [9.17, 15) is 19.7 Å². The van der Waals surface area contributed by atoms with Crippen LogP contribution >= 0.6 is 0 Å². The van der Waals surface area contributed by atoms with Gasteiger partial charge in [0, 0.05) is 18.3 Å². The van der Waals surface area contributed by atoms with Crippen molar-refractivity contribution in [1.29, 1.82) is 0 Å². The fourth-order valence-electron chi connectivity index (χ4n) is 2.54. The summed E-state index contributed by atoms with van der Waals surface area (Å²) in [6.45, 7) is 1.55. The molecule has 3 rings (SSSR count). The van der Waals surface area contributed by atoms with Crippen molar-refractivity contribution in [3.05, 3.63) is 76.1 Å². The number of benzene rings is 2. The van der Waals surface area contributed by atoms with E-state index in [1.54, 1.807) is 12.1 Å². The first-order valence-corrected chi connectivity index (χ1v) is 8.41. The van der Waals surface area contributed by atoms with Crippen molar-refractivity contribution >= 4 is 23.3 Å². The Morgan fingerprint density at radius 2 is 1.90 bits per heavy atom. The van der Waals surface area contributed by atoms with E-state index in [0.717, 1.165) is 10.2 Å². The summed E-state index contributed by atoms with van der Waals surface area (Å²) in [5.74, 6) is -1.17. The Kier molecular flexibility index (Phi) is 5.54. The zero-order chi connectivity index (χ0) is 21.0. The van der Waals surface area contributed by atoms with Gasteiger partial charge in [-0.05, 0) is 25.1 Å². The number of aromatic nitrogens is 2. The lowest BCUT2D eigenvalue weighted by Crippen LogP contribution is -2.22. The van der Waals surface area contributed by atoms with Crippen molar-refractivity contribution < 1.29 is 24.4 Å². The number of carboxylic acids is 1. The van der Waals surface area contributed by atoms with Crippen LogP contribution in [0.1, 0.15) is 16.1 Å². The lowest BCUT2D eigenvalue weighted by molar-refractivity contribution is -0.384. The minimum Gasteiger partial charge on any atom is -0.477 e. The Hall–Kier alpha value is -4.21. The third-order valence-corrected chi connectivity index (χ3v) is 3.87. The lowest BCUT2D eigenvalue weighted by Gasteiger charge is -2.10. The number of nitro benzene ring substituents is 1. The van der Waals surface area contributed by atoms with E-state index in [2.05, 4.69) is 10.4 Å². The number of nitrogens with zero attached hydrogens (tertiary/aromatic N) is 3. The van der Waals surface area contributed by atoms with Crippen molar-refractivity contribution in [1.82, 2.24) is 9.78 Å². The summed E-state index contributed by atoms with van der Waals surface area (Å²) in [4.78, 5) is 34.0. The molecule has 0 saturated heterocycles. The van der Waals surface area contributed by atoms with Gasteiger partial charge in [-0.15, -0.1) is 0 Å². The Morgan fingerprint density at radius 1 is 1.17 bits per heavy atom.